The van der Waals surface area contributed by atoms with E-state index >= 15 is 0 Å². The molecule has 25 nitrogen and oxygen atoms in total. The SMILES string of the molecule is CCCN(OCC)C(=O)C1=Cc2ccc(-c3ccc(C(=O)N4CCC[C@@H]4C(=O)NCCOCCOCCOCCOCCOCCOCCOCCOCCOCCOCCC(=O)Oc4c(F)c(F)c(S(=O)(=O)O)c(F)c4F)nc3)cc2N=C(N)C1. The van der Waals surface area contributed by atoms with Crippen LogP contribution in [0.2, 0.25) is 0 Å². The molecule has 0 radical (unpaired) electrons. The zero-order valence-electron chi connectivity index (χ0n) is 48.2. The summed E-state index contributed by atoms with van der Waals surface area (Å²) in [5, 5.41) is 4.24. The van der Waals surface area contributed by atoms with Crippen molar-refractivity contribution < 1.29 is 107 Å². The maximum atomic E-state index is 14.0. The van der Waals surface area contributed by atoms with E-state index in [-0.39, 0.29) is 76.0 Å². The molecule has 0 aliphatic carbocycles. The van der Waals surface area contributed by atoms with Gasteiger partial charge in [-0.3, -0.25) is 33.6 Å². The van der Waals surface area contributed by atoms with Crippen molar-refractivity contribution in [2.24, 2.45) is 10.7 Å². The van der Waals surface area contributed by atoms with Crippen LogP contribution in [-0.2, 0) is 76.7 Å². The van der Waals surface area contributed by atoms with Crippen LogP contribution < -0.4 is 15.8 Å². The fourth-order valence-corrected chi connectivity index (χ4v) is 8.88. The molecule has 2 aliphatic heterocycles. The average molecular weight is 1250 g/mol. The molecule has 478 valence electrons. The number of fused-ring (bicyclic) bond motifs is 1. The summed E-state index contributed by atoms with van der Waals surface area (Å²) in [6.07, 6.45) is 4.96. The highest BCUT2D eigenvalue weighted by atomic mass is 32.2. The number of amides is 3. The molecule has 0 saturated carbocycles. The van der Waals surface area contributed by atoms with Gasteiger partial charge >= 0.3 is 16.1 Å². The predicted molar refractivity (Wildman–Crippen MR) is 299 cm³/mol. The number of halogens is 4. The number of aromatic nitrogens is 1. The Balaban J connectivity index is 0.766. The number of aliphatic imine (C=N–C) groups is 1. The van der Waals surface area contributed by atoms with Crippen molar-refractivity contribution in [1.82, 2.24) is 20.3 Å². The second kappa shape index (κ2) is 38.9. The highest BCUT2D eigenvalue weighted by Crippen LogP contribution is 2.34. The lowest BCUT2D eigenvalue weighted by Crippen LogP contribution is -2.46. The molecule has 5 rings (SSSR count). The van der Waals surface area contributed by atoms with E-state index in [4.69, 9.17) is 62.5 Å². The Labute approximate surface area is 496 Å². The molecule has 1 aromatic heterocycles. The molecular weight excluding hydrogens is 1170 g/mol. The van der Waals surface area contributed by atoms with Crippen molar-refractivity contribution in [1.29, 1.82) is 0 Å². The minimum atomic E-state index is -5.65. The van der Waals surface area contributed by atoms with E-state index in [0.717, 1.165) is 23.1 Å². The van der Waals surface area contributed by atoms with Crippen LogP contribution in [0.1, 0.15) is 62.0 Å². The largest absolute Gasteiger partial charge is 0.420 e. The lowest BCUT2D eigenvalue weighted by Gasteiger charge is -2.23. The van der Waals surface area contributed by atoms with Crippen LogP contribution in [-0.4, -0.2) is 222 Å². The van der Waals surface area contributed by atoms with Crippen molar-refractivity contribution in [3.63, 3.8) is 0 Å². The number of nitrogens with one attached hydrogen (secondary N) is 1. The number of carbonyl (C=O) groups is 4. The predicted octanol–water partition coefficient (Wildman–Crippen LogP) is 4.40. The first-order chi connectivity index (χ1) is 41.5. The molecule has 1 saturated heterocycles. The first kappa shape index (κ1) is 70.6. The first-order valence-electron chi connectivity index (χ1n) is 28.0. The third-order valence-corrected chi connectivity index (χ3v) is 13.2. The van der Waals surface area contributed by atoms with Crippen molar-refractivity contribution in [2.45, 2.75) is 56.9 Å². The Morgan fingerprint density at radius 1 is 0.698 bits per heavy atom. The van der Waals surface area contributed by atoms with Crippen LogP contribution in [0.4, 0.5) is 23.2 Å². The fraction of sp³-hybridized carbons (Fsp3) is 0.571. The molecule has 1 fully saturated rings. The number of ether oxygens (including phenoxy) is 11. The minimum Gasteiger partial charge on any atom is -0.420 e. The topological polar surface area (TPSA) is 303 Å². The monoisotopic (exact) mass is 1240 g/mol. The molecule has 0 spiro atoms. The van der Waals surface area contributed by atoms with E-state index in [2.05, 4.69) is 20.0 Å². The van der Waals surface area contributed by atoms with Gasteiger partial charge in [0.2, 0.25) is 23.3 Å². The van der Waals surface area contributed by atoms with Crippen LogP contribution in [0.3, 0.4) is 0 Å². The molecule has 2 aliphatic rings. The minimum absolute atomic E-state index is 0.0130. The van der Waals surface area contributed by atoms with Gasteiger partial charge in [0.05, 0.1) is 151 Å². The lowest BCUT2D eigenvalue weighted by molar-refractivity contribution is -0.180. The van der Waals surface area contributed by atoms with Gasteiger partial charge in [-0.1, -0.05) is 25.1 Å². The maximum absolute atomic E-state index is 14.0. The van der Waals surface area contributed by atoms with Gasteiger partial charge in [-0.05, 0) is 50.0 Å². The molecule has 0 bridgehead atoms. The van der Waals surface area contributed by atoms with Gasteiger partial charge in [0.15, 0.2) is 16.5 Å². The number of esters is 1. The number of pyridine rings is 1. The number of carbonyl (C=O) groups excluding carboxylic acids is 4. The Hall–Kier alpha value is -6.13. The summed E-state index contributed by atoms with van der Waals surface area (Å²) in [6.45, 7) is 11.0. The molecule has 3 aromatic rings. The molecule has 2 aromatic carbocycles. The molecule has 30 heteroatoms. The molecule has 86 heavy (non-hydrogen) atoms. The second-order valence-electron chi connectivity index (χ2n) is 18.7. The van der Waals surface area contributed by atoms with Crippen LogP contribution in [0.5, 0.6) is 5.75 Å². The molecule has 4 N–H and O–H groups in total. The Morgan fingerprint density at radius 2 is 1.20 bits per heavy atom. The smallest absolute Gasteiger partial charge is 0.313 e. The summed E-state index contributed by atoms with van der Waals surface area (Å²) < 4.78 is 145. The van der Waals surface area contributed by atoms with E-state index < -0.39 is 62.5 Å². The number of rotatable bonds is 43. The average Bonchev–Trinajstić information content (AvgIpc) is 1.29. The summed E-state index contributed by atoms with van der Waals surface area (Å²) in [6, 6.07) is 8.46. The Kier molecular flexibility index (Phi) is 32.0. The third-order valence-electron chi connectivity index (χ3n) is 12.3. The highest BCUT2D eigenvalue weighted by Gasteiger charge is 2.36. The second-order valence-corrected chi connectivity index (χ2v) is 20.0. The Morgan fingerprint density at radius 3 is 1.67 bits per heavy atom. The molecule has 3 heterocycles. The van der Waals surface area contributed by atoms with Gasteiger partial charge in [0.1, 0.15) is 17.6 Å². The number of nitrogens with two attached hydrogens (primary N) is 1. The quantitative estimate of drug-likeness (QED) is 0.0134. The zero-order valence-corrected chi connectivity index (χ0v) is 49.0. The van der Waals surface area contributed by atoms with Gasteiger partial charge in [0.25, 0.3) is 11.8 Å². The third kappa shape index (κ3) is 23.9. The van der Waals surface area contributed by atoms with E-state index in [1.54, 1.807) is 29.3 Å². The number of hydrogen-bond acceptors (Lipinski definition) is 21. The maximum Gasteiger partial charge on any atom is 0.313 e. The zero-order chi connectivity index (χ0) is 62.1. The van der Waals surface area contributed by atoms with Gasteiger partial charge in [0, 0.05) is 49.0 Å². The van der Waals surface area contributed by atoms with Gasteiger partial charge < -0.3 is 68.1 Å². The van der Waals surface area contributed by atoms with Crippen LogP contribution >= 0.6 is 0 Å². The molecule has 3 amide bonds. The van der Waals surface area contributed by atoms with E-state index in [0.29, 0.717) is 142 Å². The standard InChI is InChI=1S/C56H76F4N6O19S/c1-3-13-66(84-4-2)55(69)42-35-40-8-7-39(36-44(40)64-46(61)37-42)41-9-10-43(63-38-41)56(70)65-14-5-6-45(65)54(68)62-12-16-75-18-20-77-22-24-79-26-28-81-30-32-83-34-33-82-31-29-80-27-25-78-23-21-76-19-17-74-15-11-47(67)85-52-48(57)50(59)53(86(71,72)73)51(60)49(52)58/h7-10,35-36,38,45H,3-6,11-34,37H2,1-2H3,(H2,61,64)(H,62,68)(H,71,72,73)/t45-/m1/s1. The van der Waals surface area contributed by atoms with Crippen molar-refractivity contribution in [3.05, 3.63) is 76.6 Å². The van der Waals surface area contributed by atoms with Crippen molar-refractivity contribution in [2.75, 3.05) is 158 Å². The number of benzene rings is 2. The summed E-state index contributed by atoms with van der Waals surface area (Å²) >= 11 is 0. The van der Waals surface area contributed by atoms with E-state index in [1.807, 2.05) is 32.0 Å². The number of likely N-dealkylation sites (tertiary alicyclic amines) is 1. The van der Waals surface area contributed by atoms with Gasteiger partial charge in [-0.15, -0.1) is 0 Å². The number of hydroxylamine groups is 2. The molecule has 0 unspecified atom stereocenters. The highest BCUT2D eigenvalue weighted by molar-refractivity contribution is 7.85. The van der Waals surface area contributed by atoms with Crippen LogP contribution in [0.25, 0.3) is 17.2 Å². The van der Waals surface area contributed by atoms with E-state index in [9.17, 15) is 45.2 Å². The number of hydrogen-bond donors (Lipinski definition) is 3. The van der Waals surface area contributed by atoms with Crippen molar-refractivity contribution in [3.8, 4) is 16.9 Å². The van der Waals surface area contributed by atoms with Gasteiger partial charge in [-0.2, -0.15) is 17.2 Å². The summed E-state index contributed by atoms with van der Waals surface area (Å²) in [5.74, 6) is -13.2. The number of nitrogens with zero attached hydrogens (tertiary/aromatic N) is 4. The summed E-state index contributed by atoms with van der Waals surface area (Å²) in [4.78, 5) is 65.7. The van der Waals surface area contributed by atoms with Crippen LogP contribution in [0, 0.1) is 23.3 Å². The normalized spacial score (nSPS) is 14.2. The van der Waals surface area contributed by atoms with Crippen LogP contribution in [0.15, 0.2) is 52.0 Å². The number of amidine groups is 1. The van der Waals surface area contributed by atoms with Crippen molar-refractivity contribution >= 4 is 51.4 Å². The summed E-state index contributed by atoms with van der Waals surface area (Å²) in [5.41, 5.74) is 9.86. The first-order valence-corrected chi connectivity index (χ1v) is 29.5. The summed E-state index contributed by atoms with van der Waals surface area (Å²) in [7, 11) is -5.65. The molecule has 1 atom stereocenters. The van der Waals surface area contributed by atoms with E-state index in [1.165, 1.54) is 5.06 Å². The fourth-order valence-electron chi connectivity index (χ4n) is 8.25. The van der Waals surface area contributed by atoms with Gasteiger partial charge in [-0.25, -0.2) is 18.8 Å². The Bertz CT molecular complexity index is 2770. The lowest BCUT2D eigenvalue weighted by atomic mass is 10.0. The molecular formula is C56H76F4N6O19S.